The molecule has 1 fully saturated rings. The predicted octanol–water partition coefficient (Wildman–Crippen LogP) is 2.63. The number of amides is 1. The average Bonchev–Trinajstić information content (AvgIpc) is 2.93. The molecule has 1 atom stereocenters. The van der Waals surface area contributed by atoms with Gasteiger partial charge in [0.25, 0.3) is 5.91 Å². The number of hydrogen-bond donors (Lipinski definition) is 0. The Morgan fingerprint density at radius 3 is 2.78 bits per heavy atom. The number of methoxy groups -OCH3 is 1. The fraction of sp³-hybridized carbons (Fsp3) is 0.688. The number of thiazole rings is 1. The highest BCUT2D eigenvalue weighted by atomic mass is 32.1. The van der Waals surface area contributed by atoms with E-state index in [-0.39, 0.29) is 18.5 Å². The van der Waals surface area contributed by atoms with Gasteiger partial charge in [-0.05, 0) is 40.0 Å². The third-order valence-corrected chi connectivity index (χ3v) is 4.42. The van der Waals surface area contributed by atoms with Crippen LogP contribution in [0.4, 0.5) is 0 Å². The van der Waals surface area contributed by atoms with Crippen LogP contribution in [0, 0.1) is 0 Å². The monoisotopic (exact) mass is 340 g/mol. The number of rotatable bonds is 4. The Balaban J connectivity index is 2.18. The van der Waals surface area contributed by atoms with Crippen LogP contribution in [0.1, 0.15) is 55.4 Å². The van der Waals surface area contributed by atoms with E-state index in [1.807, 2.05) is 20.8 Å². The lowest BCUT2D eigenvalue weighted by Crippen LogP contribution is -2.50. The van der Waals surface area contributed by atoms with E-state index in [4.69, 9.17) is 9.47 Å². The van der Waals surface area contributed by atoms with Gasteiger partial charge in [-0.1, -0.05) is 0 Å². The van der Waals surface area contributed by atoms with E-state index in [0.717, 1.165) is 12.8 Å². The van der Waals surface area contributed by atoms with Gasteiger partial charge in [0.2, 0.25) is 0 Å². The van der Waals surface area contributed by atoms with Crippen molar-refractivity contribution in [3.63, 3.8) is 0 Å². The van der Waals surface area contributed by atoms with Crippen molar-refractivity contribution in [1.29, 1.82) is 0 Å². The van der Waals surface area contributed by atoms with E-state index in [9.17, 15) is 9.59 Å². The van der Waals surface area contributed by atoms with Crippen LogP contribution in [0.15, 0.2) is 5.51 Å². The summed E-state index contributed by atoms with van der Waals surface area (Å²) < 4.78 is 10.6. The molecule has 6 nitrogen and oxygen atoms in total. The molecule has 0 unspecified atom stereocenters. The first-order valence-corrected chi connectivity index (χ1v) is 8.66. The number of piperidine rings is 1. The lowest BCUT2D eigenvalue weighted by Gasteiger charge is -2.35. The maximum Gasteiger partial charge on any atom is 0.329 e. The number of hydrogen-bond acceptors (Lipinski definition) is 6. The van der Waals surface area contributed by atoms with Crippen molar-refractivity contribution in [2.24, 2.45) is 0 Å². The summed E-state index contributed by atoms with van der Waals surface area (Å²) in [5, 5.41) is 0. The summed E-state index contributed by atoms with van der Waals surface area (Å²) in [6.45, 7) is 6.35. The largest absolute Gasteiger partial charge is 0.458 e. The number of carbonyl (C=O) groups excluding carboxylic acids is 2. The normalized spacial score (nSPS) is 18.8. The van der Waals surface area contributed by atoms with E-state index in [1.165, 1.54) is 11.3 Å². The minimum absolute atomic E-state index is 0.157. The second-order valence-electron chi connectivity index (χ2n) is 6.60. The molecule has 1 saturated heterocycles. The molecule has 2 rings (SSSR count). The lowest BCUT2D eigenvalue weighted by molar-refractivity contribution is -0.161. The molecule has 128 valence electrons. The molecule has 0 aromatic carbocycles. The van der Waals surface area contributed by atoms with Gasteiger partial charge < -0.3 is 14.4 Å². The zero-order valence-corrected chi connectivity index (χ0v) is 14.9. The van der Waals surface area contributed by atoms with Crippen LogP contribution in [-0.2, 0) is 20.9 Å². The minimum Gasteiger partial charge on any atom is -0.458 e. The SMILES string of the molecule is COCc1ncsc1C(=O)N1CCCC[C@@H]1C(=O)OC(C)(C)C. The number of likely N-dealkylation sites (tertiary alicyclic amines) is 1. The van der Waals surface area contributed by atoms with E-state index in [2.05, 4.69) is 4.98 Å². The number of carbonyl (C=O) groups is 2. The zero-order chi connectivity index (χ0) is 17.0. The molecule has 0 bridgehead atoms. The first-order chi connectivity index (χ1) is 10.8. The molecule has 0 N–H and O–H groups in total. The van der Waals surface area contributed by atoms with E-state index < -0.39 is 11.6 Å². The van der Waals surface area contributed by atoms with Gasteiger partial charge in [-0.25, -0.2) is 9.78 Å². The molecule has 0 saturated carbocycles. The second-order valence-corrected chi connectivity index (χ2v) is 7.46. The van der Waals surface area contributed by atoms with Crippen molar-refractivity contribution in [3.8, 4) is 0 Å². The van der Waals surface area contributed by atoms with Gasteiger partial charge in [-0.2, -0.15) is 0 Å². The second kappa shape index (κ2) is 7.40. The minimum atomic E-state index is -0.561. The molecule has 23 heavy (non-hydrogen) atoms. The Hall–Kier alpha value is -1.47. The van der Waals surface area contributed by atoms with E-state index in [0.29, 0.717) is 23.5 Å². The van der Waals surface area contributed by atoms with Crippen LogP contribution in [0.3, 0.4) is 0 Å². The molecule has 1 aliphatic rings. The van der Waals surface area contributed by atoms with E-state index >= 15 is 0 Å². The van der Waals surface area contributed by atoms with Crippen LogP contribution < -0.4 is 0 Å². The molecule has 7 heteroatoms. The fourth-order valence-corrected chi connectivity index (χ4v) is 3.35. The van der Waals surface area contributed by atoms with Crippen molar-refractivity contribution in [1.82, 2.24) is 9.88 Å². The molecular formula is C16H24N2O4S. The molecule has 0 radical (unpaired) electrons. The highest BCUT2D eigenvalue weighted by Gasteiger charge is 2.36. The molecule has 1 aliphatic heterocycles. The van der Waals surface area contributed by atoms with Crippen LogP contribution in [0.2, 0.25) is 0 Å². The number of esters is 1. The summed E-state index contributed by atoms with van der Waals surface area (Å²) in [4.78, 5) is 31.7. The molecule has 1 aromatic rings. The van der Waals surface area contributed by atoms with Gasteiger partial charge in [0.1, 0.15) is 16.5 Å². The summed E-state index contributed by atoms with van der Waals surface area (Å²) in [6.07, 6.45) is 2.45. The van der Waals surface area contributed by atoms with Crippen molar-refractivity contribution in [2.75, 3.05) is 13.7 Å². The lowest BCUT2D eigenvalue weighted by atomic mass is 10.0. The van der Waals surface area contributed by atoms with Crippen molar-refractivity contribution in [3.05, 3.63) is 16.1 Å². The molecule has 2 heterocycles. The fourth-order valence-electron chi connectivity index (χ4n) is 2.60. The average molecular weight is 340 g/mol. The third-order valence-electron chi connectivity index (χ3n) is 3.56. The zero-order valence-electron chi connectivity index (χ0n) is 14.1. The Kier molecular flexibility index (Phi) is 5.75. The van der Waals surface area contributed by atoms with Gasteiger partial charge in [-0.15, -0.1) is 11.3 Å². The van der Waals surface area contributed by atoms with Crippen molar-refractivity contribution >= 4 is 23.2 Å². The molecule has 0 aliphatic carbocycles. The molecular weight excluding hydrogens is 316 g/mol. The summed E-state index contributed by atoms with van der Waals surface area (Å²) in [5.74, 6) is -0.488. The van der Waals surface area contributed by atoms with E-state index in [1.54, 1.807) is 17.5 Å². The van der Waals surface area contributed by atoms with Crippen molar-refractivity contribution < 1.29 is 19.1 Å². The van der Waals surface area contributed by atoms with Gasteiger partial charge in [0.15, 0.2) is 0 Å². The van der Waals surface area contributed by atoms with Gasteiger partial charge in [-0.3, -0.25) is 4.79 Å². The van der Waals surface area contributed by atoms with Crippen LogP contribution in [0.5, 0.6) is 0 Å². The third kappa shape index (κ3) is 4.51. The van der Waals surface area contributed by atoms with Gasteiger partial charge >= 0.3 is 5.97 Å². The smallest absolute Gasteiger partial charge is 0.329 e. The van der Waals surface area contributed by atoms with Crippen LogP contribution in [0.25, 0.3) is 0 Å². The van der Waals surface area contributed by atoms with Crippen LogP contribution in [-0.4, -0.2) is 47.1 Å². The molecule has 1 aromatic heterocycles. The predicted molar refractivity (Wildman–Crippen MR) is 87.3 cm³/mol. The highest BCUT2D eigenvalue weighted by molar-refractivity contribution is 7.11. The summed E-state index contributed by atoms with van der Waals surface area (Å²) in [5.41, 5.74) is 1.69. The number of ether oxygens (including phenoxy) is 2. The first-order valence-electron chi connectivity index (χ1n) is 7.78. The number of nitrogens with zero attached hydrogens (tertiary/aromatic N) is 2. The standard InChI is InChI=1S/C16H24N2O4S/c1-16(2,3)22-15(20)12-7-5-6-8-18(12)14(19)13-11(9-21-4)17-10-23-13/h10,12H,5-9H2,1-4H3/t12-/m1/s1. The maximum absolute atomic E-state index is 12.9. The van der Waals surface area contributed by atoms with Gasteiger partial charge in [0, 0.05) is 13.7 Å². The summed E-state index contributed by atoms with van der Waals surface area (Å²) in [7, 11) is 1.57. The quantitative estimate of drug-likeness (QED) is 0.788. The summed E-state index contributed by atoms with van der Waals surface area (Å²) in [6, 6.07) is -0.520. The van der Waals surface area contributed by atoms with Crippen LogP contribution >= 0.6 is 11.3 Å². The Bertz CT molecular complexity index is 565. The Labute approximate surface area is 140 Å². The van der Waals surface area contributed by atoms with Gasteiger partial charge in [0.05, 0.1) is 17.8 Å². The number of aromatic nitrogens is 1. The Morgan fingerprint density at radius 1 is 1.39 bits per heavy atom. The molecule has 1 amide bonds. The molecule has 0 spiro atoms. The van der Waals surface area contributed by atoms with Crippen molar-refractivity contribution in [2.45, 2.75) is 58.3 Å². The highest BCUT2D eigenvalue weighted by Crippen LogP contribution is 2.25. The summed E-state index contributed by atoms with van der Waals surface area (Å²) >= 11 is 1.28. The first kappa shape index (κ1) is 17.9. The Morgan fingerprint density at radius 2 is 2.13 bits per heavy atom. The maximum atomic E-state index is 12.9. The topological polar surface area (TPSA) is 68.7 Å².